The largest absolute Gasteiger partial charge is 0.327 e. The fourth-order valence-corrected chi connectivity index (χ4v) is 2.84. The van der Waals surface area contributed by atoms with E-state index in [4.69, 9.17) is 5.73 Å². The average Bonchev–Trinajstić information content (AvgIpc) is 2.49. The highest BCUT2D eigenvalue weighted by atomic mass is 35.5. The molecule has 0 atom stereocenters. The van der Waals surface area contributed by atoms with Gasteiger partial charge in [0.05, 0.1) is 27.2 Å². The van der Waals surface area contributed by atoms with Crippen molar-refractivity contribution in [1.29, 1.82) is 0 Å². The highest BCUT2D eigenvalue weighted by molar-refractivity contribution is 5.85. The number of nitrogens with zero attached hydrogens (tertiary/aromatic N) is 1. The van der Waals surface area contributed by atoms with Gasteiger partial charge in [-0.25, -0.2) is 0 Å². The highest BCUT2D eigenvalue weighted by Crippen LogP contribution is 2.28. The molecule has 0 spiro atoms. The molecule has 0 aliphatic heterocycles. The Hall–Kier alpha value is -1.06. The van der Waals surface area contributed by atoms with E-state index >= 15 is 0 Å². The Morgan fingerprint density at radius 2 is 1.22 bits per heavy atom. The van der Waals surface area contributed by atoms with Crippen LogP contribution in [0.5, 0.6) is 0 Å². The number of quaternary nitrogens is 1. The fraction of sp³-hybridized carbons (Fsp3) is 0.368. The second-order valence-electron chi connectivity index (χ2n) is 6.33. The van der Waals surface area contributed by atoms with Gasteiger partial charge in [-0.05, 0) is 11.1 Å². The maximum absolute atomic E-state index is 5.73. The summed E-state index contributed by atoms with van der Waals surface area (Å²) >= 11 is 0. The Labute approximate surface area is 153 Å². The number of benzene rings is 2. The predicted molar refractivity (Wildman–Crippen MR) is 105 cm³/mol. The number of halogens is 2. The van der Waals surface area contributed by atoms with Gasteiger partial charge in [0.1, 0.15) is 0 Å². The standard InChI is InChI=1S/C19H27N2.2ClH/c1-21(2,16-14-20)15-13-19(17-9-5-3-6-10-17)18-11-7-4-8-12-18;;/h3-12,19H,13-16,20H2,1-2H3;2*1H/q+1;;. The van der Waals surface area contributed by atoms with Gasteiger partial charge in [0.25, 0.3) is 0 Å². The summed E-state index contributed by atoms with van der Waals surface area (Å²) in [5.74, 6) is 0.461. The van der Waals surface area contributed by atoms with Crippen LogP contribution >= 0.6 is 24.8 Å². The van der Waals surface area contributed by atoms with Crippen molar-refractivity contribution in [2.75, 3.05) is 33.7 Å². The van der Waals surface area contributed by atoms with Crippen LogP contribution in [0.15, 0.2) is 60.7 Å². The summed E-state index contributed by atoms with van der Waals surface area (Å²) in [5.41, 5.74) is 8.53. The first kappa shape index (κ1) is 21.9. The van der Waals surface area contributed by atoms with Gasteiger partial charge >= 0.3 is 0 Å². The SMILES string of the molecule is C[N+](C)(CCN)CCC(c1ccccc1)c1ccccc1.Cl.Cl. The normalized spacial score (nSPS) is 10.8. The molecule has 0 saturated heterocycles. The average molecular weight is 356 g/mol. The third-order valence-electron chi connectivity index (χ3n) is 4.16. The van der Waals surface area contributed by atoms with E-state index in [9.17, 15) is 0 Å². The summed E-state index contributed by atoms with van der Waals surface area (Å²) in [5, 5.41) is 0. The predicted octanol–water partition coefficient (Wildman–Crippen LogP) is 4.09. The van der Waals surface area contributed by atoms with Crippen LogP contribution in [0.3, 0.4) is 0 Å². The zero-order valence-electron chi connectivity index (χ0n) is 14.0. The summed E-state index contributed by atoms with van der Waals surface area (Å²) in [6, 6.07) is 21.6. The third kappa shape index (κ3) is 6.92. The van der Waals surface area contributed by atoms with Gasteiger partial charge < -0.3 is 10.2 Å². The first-order valence-corrected chi connectivity index (χ1v) is 7.74. The van der Waals surface area contributed by atoms with Crippen LogP contribution in [-0.4, -0.2) is 38.2 Å². The molecule has 2 rings (SSSR count). The van der Waals surface area contributed by atoms with Gasteiger partial charge in [0, 0.05) is 18.9 Å². The van der Waals surface area contributed by atoms with Crippen molar-refractivity contribution < 1.29 is 4.48 Å². The van der Waals surface area contributed by atoms with Crippen molar-refractivity contribution in [2.24, 2.45) is 5.73 Å². The Bertz CT molecular complexity index is 490. The molecule has 0 bridgehead atoms. The molecule has 0 heterocycles. The Kier molecular flexibility index (Phi) is 10.2. The van der Waals surface area contributed by atoms with E-state index < -0.39 is 0 Å². The van der Waals surface area contributed by atoms with Crippen molar-refractivity contribution in [3.8, 4) is 0 Å². The summed E-state index contributed by atoms with van der Waals surface area (Å²) in [6.07, 6.45) is 1.14. The summed E-state index contributed by atoms with van der Waals surface area (Å²) in [4.78, 5) is 0. The minimum atomic E-state index is 0. The topological polar surface area (TPSA) is 26.0 Å². The Morgan fingerprint density at radius 3 is 1.61 bits per heavy atom. The van der Waals surface area contributed by atoms with Crippen LogP contribution in [0.1, 0.15) is 23.5 Å². The van der Waals surface area contributed by atoms with Crippen LogP contribution in [-0.2, 0) is 0 Å². The van der Waals surface area contributed by atoms with E-state index in [0.717, 1.165) is 30.5 Å². The molecule has 128 valence electrons. The summed E-state index contributed by atoms with van der Waals surface area (Å²) < 4.78 is 0.979. The van der Waals surface area contributed by atoms with Crippen molar-refractivity contribution in [3.05, 3.63) is 71.8 Å². The molecule has 23 heavy (non-hydrogen) atoms. The minimum absolute atomic E-state index is 0. The number of hydrogen-bond donors (Lipinski definition) is 1. The molecule has 2 aromatic rings. The van der Waals surface area contributed by atoms with E-state index in [-0.39, 0.29) is 24.8 Å². The van der Waals surface area contributed by atoms with E-state index in [1.54, 1.807) is 0 Å². The molecule has 0 aliphatic carbocycles. The molecule has 0 saturated carbocycles. The summed E-state index contributed by atoms with van der Waals surface area (Å²) in [7, 11) is 4.53. The molecular weight excluding hydrogens is 327 g/mol. The van der Waals surface area contributed by atoms with Crippen molar-refractivity contribution in [1.82, 2.24) is 0 Å². The maximum Gasteiger partial charge on any atom is 0.0907 e. The monoisotopic (exact) mass is 355 g/mol. The third-order valence-corrected chi connectivity index (χ3v) is 4.16. The van der Waals surface area contributed by atoms with Crippen LogP contribution in [0.25, 0.3) is 0 Å². The Morgan fingerprint density at radius 1 is 0.783 bits per heavy atom. The molecule has 0 unspecified atom stereocenters. The molecule has 0 aromatic heterocycles. The first-order valence-electron chi connectivity index (χ1n) is 7.74. The Balaban J connectivity index is 0.00000242. The summed E-state index contributed by atoms with van der Waals surface area (Å²) in [6.45, 7) is 2.90. The number of nitrogens with two attached hydrogens (primary N) is 1. The van der Waals surface area contributed by atoms with Crippen molar-refractivity contribution in [2.45, 2.75) is 12.3 Å². The van der Waals surface area contributed by atoms with Gasteiger partial charge in [0.15, 0.2) is 0 Å². The lowest BCUT2D eigenvalue weighted by Crippen LogP contribution is -2.44. The second kappa shape index (κ2) is 10.7. The zero-order chi connectivity index (χ0) is 15.1. The molecule has 2 nitrogen and oxygen atoms in total. The molecular formula is C19H29Cl2N2+. The molecule has 2 N–H and O–H groups in total. The van der Waals surface area contributed by atoms with Gasteiger partial charge in [-0.3, -0.25) is 0 Å². The number of rotatable bonds is 7. The van der Waals surface area contributed by atoms with Crippen LogP contribution in [0, 0.1) is 0 Å². The zero-order valence-corrected chi connectivity index (χ0v) is 15.7. The number of hydrogen-bond acceptors (Lipinski definition) is 1. The van der Waals surface area contributed by atoms with Gasteiger partial charge in [-0.1, -0.05) is 60.7 Å². The quantitative estimate of drug-likeness (QED) is 0.743. The van der Waals surface area contributed by atoms with Crippen molar-refractivity contribution >= 4 is 24.8 Å². The molecule has 4 heteroatoms. The van der Waals surface area contributed by atoms with E-state index in [1.807, 2.05) is 0 Å². The van der Waals surface area contributed by atoms with Crippen LogP contribution in [0.4, 0.5) is 0 Å². The minimum Gasteiger partial charge on any atom is -0.327 e. The lowest BCUT2D eigenvalue weighted by atomic mass is 9.88. The highest BCUT2D eigenvalue weighted by Gasteiger charge is 2.20. The lowest BCUT2D eigenvalue weighted by molar-refractivity contribution is -0.889. The van der Waals surface area contributed by atoms with Gasteiger partial charge in [-0.2, -0.15) is 0 Å². The van der Waals surface area contributed by atoms with Crippen LogP contribution < -0.4 is 5.73 Å². The van der Waals surface area contributed by atoms with Crippen molar-refractivity contribution in [3.63, 3.8) is 0 Å². The second-order valence-corrected chi connectivity index (χ2v) is 6.33. The molecule has 0 amide bonds. The number of likely N-dealkylation sites (N-methyl/N-ethyl adjacent to an activating group) is 1. The molecule has 2 aromatic carbocycles. The van der Waals surface area contributed by atoms with Gasteiger partial charge in [0.2, 0.25) is 0 Å². The molecule has 0 fully saturated rings. The van der Waals surface area contributed by atoms with Crippen LogP contribution in [0.2, 0.25) is 0 Å². The lowest BCUT2D eigenvalue weighted by Gasteiger charge is -2.31. The smallest absolute Gasteiger partial charge is 0.0907 e. The van der Waals surface area contributed by atoms with Gasteiger partial charge in [-0.15, -0.1) is 24.8 Å². The molecule has 0 radical (unpaired) electrons. The van der Waals surface area contributed by atoms with E-state index in [1.165, 1.54) is 11.1 Å². The maximum atomic E-state index is 5.73. The first-order chi connectivity index (χ1) is 10.1. The molecule has 0 aliphatic rings. The fourth-order valence-electron chi connectivity index (χ4n) is 2.84. The van der Waals surface area contributed by atoms with E-state index in [2.05, 4.69) is 74.8 Å². The van der Waals surface area contributed by atoms with E-state index in [0.29, 0.717) is 5.92 Å².